The highest BCUT2D eigenvalue weighted by atomic mass is 79.9. The summed E-state index contributed by atoms with van der Waals surface area (Å²) >= 11 is 3.08. The minimum absolute atomic E-state index is 0.183. The second-order valence-electron chi connectivity index (χ2n) is 5.29. The number of ether oxygens (including phenoxy) is 1. The molecule has 2 aromatic carbocycles. The number of aromatic carboxylic acids is 1. The van der Waals surface area contributed by atoms with Crippen LogP contribution >= 0.6 is 15.9 Å². The molecule has 3 rings (SSSR count). The summed E-state index contributed by atoms with van der Waals surface area (Å²) in [7, 11) is 1.73. The molecule has 0 aromatic heterocycles. The maximum Gasteiger partial charge on any atom is 0.142 e. The Morgan fingerprint density at radius 1 is 1.12 bits per heavy atom. The molecule has 2 N–H and O–H groups in total. The van der Waals surface area contributed by atoms with E-state index in [2.05, 4.69) is 38.3 Å². The van der Waals surface area contributed by atoms with E-state index in [-0.39, 0.29) is 5.56 Å². The fraction of sp³-hybridized carbons (Fsp3) is 0.278. The molecule has 0 aliphatic carbocycles. The van der Waals surface area contributed by atoms with E-state index in [9.17, 15) is 9.90 Å². The number of piperazine rings is 1. The number of halogens is 1. The first-order valence-electron chi connectivity index (χ1n) is 7.79. The van der Waals surface area contributed by atoms with Crippen LogP contribution in [0.5, 0.6) is 5.75 Å². The molecule has 2 aromatic rings. The molecule has 1 fully saturated rings. The largest absolute Gasteiger partial charge is 0.545 e. The van der Waals surface area contributed by atoms with E-state index in [1.165, 1.54) is 24.8 Å². The Kier molecular flexibility index (Phi) is 7.08. The van der Waals surface area contributed by atoms with Gasteiger partial charge in [0.15, 0.2) is 0 Å². The number of carboxylic acid groups (broad SMARTS) is 1. The number of carboxylic acids is 1. The third-order valence-corrected chi connectivity index (χ3v) is 4.42. The van der Waals surface area contributed by atoms with E-state index in [0.717, 1.165) is 18.8 Å². The van der Waals surface area contributed by atoms with Crippen LogP contribution in [0.15, 0.2) is 53.0 Å². The number of para-hydroxylation sites is 2. The number of anilines is 1. The molecule has 1 aliphatic heterocycles. The first kappa shape index (κ1) is 18.3. The van der Waals surface area contributed by atoms with Crippen molar-refractivity contribution in [2.24, 2.45) is 0 Å². The fourth-order valence-corrected chi connectivity index (χ4v) is 2.96. The zero-order chi connectivity index (χ0) is 17.4. The van der Waals surface area contributed by atoms with Gasteiger partial charge >= 0.3 is 0 Å². The van der Waals surface area contributed by atoms with Gasteiger partial charge < -0.3 is 24.9 Å². The number of nitrogens with two attached hydrogens (primary N) is 1. The van der Waals surface area contributed by atoms with Crippen molar-refractivity contribution in [2.45, 2.75) is 0 Å². The molecule has 6 heteroatoms. The average molecular weight is 393 g/mol. The smallest absolute Gasteiger partial charge is 0.142 e. The molecule has 1 saturated heterocycles. The minimum atomic E-state index is -1.16. The number of quaternary nitrogens is 1. The van der Waals surface area contributed by atoms with Crippen LogP contribution in [0.4, 0.5) is 5.69 Å². The van der Waals surface area contributed by atoms with Crippen molar-refractivity contribution in [1.29, 1.82) is 0 Å². The van der Waals surface area contributed by atoms with E-state index >= 15 is 0 Å². The normalized spacial score (nSPS) is 13.7. The van der Waals surface area contributed by atoms with E-state index < -0.39 is 5.97 Å². The highest BCUT2D eigenvalue weighted by Gasteiger charge is 2.15. The van der Waals surface area contributed by atoms with Crippen molar-refractivity contribution < 1.29 is 20.0 Å². The lowest BCUT2D eigenvalue weighted by molar-refractivity contribution is -0.655. The van der Waals surface area contributed by atoms with Crippen molar-refractivity contribution in [1.82, 2.24) is 0 Å². The van der Waals surface area contributed by atoms with Crippen LogP contribution < -0.4 is 20.1 Å². The summed E-state index contributed by atoms with van der Waals surface area (Å²) < 4.78 is 5.90. The topological polar surface area (TPSA) is 69.2 Å². The van der Waals surface area contributed by atoms with Crippen molar-refractivity contribution in [3.63, 3.8) is 0 Å². The van der Waals surface area contributed by atoms with Crippen LogP contribution in [-0.4, -0.2) is 39.3 Å². The average Bonchev–Trinajstić information content (AvgIpc) is 2.63. The number of carbonyl (C=O) groups excluding carboxylic acids is 1. The predicted molar refractivity (Wildman–Crippen MR) is 95.3 cm³/mol. The Labute approximate surface area is 150 Å². The van der Waals surface area contributed by atoms with Crippen LogP contribution in [0, 0.1) is 0 Å². The maximum absolute atomic E-state index is 10.3. The van der Waals surface area contributed by atoms with Crippen LogP contribution in [0.2, 0.25) is 0 Å². The molecule has 0 spiro atoms. The van der Waals surface area contributed by atoms with Crippen LogP contribution in [-0.2, 0) is 0 Å². The van der Waals surface area contributed by atoms with E-state index in [1.807, 2.05) is 12.1 Å². The van der Waals surface area contributed by atoms with Crippen molar-refractivity contribution in [3.05, 3.63) is 58.6 Å². The molecule has 0 saturated carbocycles. The van der Waals surface area contributed by atoms with Gasteiger partial charge in [0, 0.05) is 10.0 Å². The third-order valence-electron chi connectivity index (χ3n) is 3.73. The molecular weight excluding hydrogens is 372 g/mol. The monoisotopic (exact) mass is 392 g/mol. The fourth-order valence-electron chi connectivity index (χ4n) is 2.51. The summed E-state index contributed by atoms with van der Waals surface area (Å²) in [5.74, 6) is -0.179. The van der Waals surface area contributed by atoms with Gasteiger partial charge in [-0.3, -0.25) is 0 Å². The van der Waals surface area contributed by atoms with Crippen LogP contribution in [0.25, 0.3) is 0 Å². The number of nitrogens with zero attached hydrogens (tertiary/aromatic N) is 1. The molecule has 1 heterocycles. The molecule has 0 bridgehead atoms. The molecule has 0 atom stereocenters. The predicted octanol–water partition coefficient (Wildman–Crippen LogP) is 0.891. The van der Waals surface area contributed by atoms with Gasteiger partial charge in [-0.25, -0.2) is 0 Å². The molecule has 1 aliphatic rings. The standard InChI is InChI=1S/C11H16N2O.C7H5BrO2/c1-14-11-5-3-2-4-10(11)13-8-6-12-7-9-13;8-6-4-2-1-3-5(6)7(9)10/h2-5,12H,6-9H2,1H3;1-4H,(H,9,10). The van der Waals surface area contributed by atoms with Gasteiger partial charge in [0.25, 0.3) is 0 Å². The van der Waals surface area contributed by atoms with Crippen molar-refractivity contribution in [2.75, 3.05) is 38.2 Å². The Bertz CT molecular complexity index is 673. The Hall–Kier alpha value is -2.05. The zero-order valence-electron chi connectivity index (χ0n) is 13.6. The molecule has 5 nitrogen and oxygen atoms in total. The third kappa shape index (κ3) is 4.97. The highest BCUT2D eigenvalue weighted by molar-refractivity contribution is 9.10. The lowest BCUT2D eigenvalue weighted by Gasteiger charge is -2.28. The molecule has 24 heavy (non-hydrogen) atoms. The van der Waals surface area contributed by atoms with Gasteiger partial charge in [0.1, 0.15) is 5.75 Å². The number of hydrogen-bond acceptors (Lipinski definition) is 4. The molecule has 0 unspecified atom stereocenters. The second kappa shape index (κ2) is 9.30. The quantitative estimate of drug-likeness (QED) is 0.841. The highest BCUT2D eigenvalue weighted by Crippen LogP contribution is 2.27. The van der Waals surface area contributed by atoms with Gasteiger partial charge in [0.05, 0.1) is 44.9 Å². The van der Waals surface area contributed by atoms with E-state index in [1.54, 1.807) is 25.3 Å². The first-order chi connectivity index (χ1) is 11.6. The number of carbonyl (C=O) groups is 1. The lowest BCUT2D eigenvalue weighted by Crippen LogP contribution is -2.89. The maximum atomic E-state index is 10.3. The number of rotatable bonds is 3. The number of hydrogen-bond donors (Lipinski definition) is 1. The van der Waals surface area contributed by atoms with E-state index in [0.29, 0.717) is 4.47 Å². The molecule has 128 valence electrons. The molecular formula is C18H21BrN2O3. The lowest BCUT2D eigenvalue weighted by atomic mass is 10.2. The van der Waals surface area contributed by atoms with Gasteiger partial charge in [-0.15, -0.1) is 0 Å². The second-order valence-corrected chi connectivity index (χ2v) is 6.15. The summed E-state index contributed by atoms with van der Waals surface area (Å²) in [6, 6.07) is 14.8. The summed E-state index contributed by atoms with van der Waals surface area (Å²) in [5, 5.41) is 12.6. The van der Waals surface area contributed by atoms with Gasteiger partial charge in [0.2, 0.25) is 0 Å². The zero-order valence-corrected chi connectivity index (χ0v) is 15.2. The van der Waals surface area contributed by atoms with E-state index in [4.69, 9.17) is 4.74 Å². The first-order valence-corrected chi connectivity index (χ1v) is 8.58. The Morgan fingerprint density at radius 2 is 1.75 bits per heavy atom. The summed E-state index contributed by atoms with van der Waals surface area (Å²) in [5.41, 5.74) is 1.41. The summed E-state index contributed by atoms with van der Waals surface area (Å²) in [4.78, 5) is 12.7. The molecule has 0 radical (unpaired) electrons. The Balaban J connectivity index is 0.000000185. The Morgan fingerprint density at radius 3 is 2.33 bits per heavy atom. The number of methoxy groups -OCH3 is 1. The molecule has 0 amide bonds. The van der Waals surface area contributed by atoms with Gasteiger partial charge in [-0.1, -0.05) is 46.3 Å². The van der Waals surface area contributed by atoms with Crippen LogP contribution in [0.3, 0.4) is 0 Å². The number of benzene rings is 2. The van der Waals surface area contributed by atoms with Gasteiger partial charge in [-0.05, 0) is 18.2 Å². The summed E-state index contributed by atoms with van der Waals surface area (Å²) in [6.45, 7) is 4.58. The van der Waals surface area contributed by atoms with Crippen molar-refractivity contribution in [3.8, 4) is 5.75 Å². The minimum Gasteiger partial charge on any atom is -0.545 e. The van der Waals surface area contributed by atoms with Crippen molar-refractivity contribution >= 4 is 27.6 Å². The van der Waals surface area contributed by atoms with Gasteiger partial charge in [-0.2, -0.15) is 0 Å². The van der Waals surface area contributed by atoms with Crippen LogP contribution in [0.1, 0.15) is 10.4 Å². The SMILES string of the molecule is COc1ccccc1N1CC[NH2+]CC1.O=C([O-])c1ccccc1Br. The summed E-state index contributed by atoms with van der Waals surface area (Å²) in [6.07, 6.45) is 0.